The highest BCUT2D eigenvalue weighted by molar-refractivity contribution is 5.69. The topological polar surface area (TPSA) is 47.5 Å². The lowest BCUT2D eigenvalue weighted by molar-refractivity contribution is -0.223. The molecule has 0 atom stereocenters. The van der Waals surface area contributed by atoms with Crippen LogP contribution in [0.15, 0.2) is 4.99 Å². The van der Waals surface area contributed by atoms with Gasteiger partial charge in [0.1, 0.15) is 0 Å². The van der Waals surface area contributed by atoms with E-state index in [9.17, 15) is 5.11 Å². The maximum absolute atomic E-state index is 11.7. The molecule has 0 unspecified atom stereocenters. The van der Waals surface area contributed by atoms with Gasteiger partial charge in [-0.25, -0.2) is 0 Å². The zero-order valence-corrected chi connectivity index (χ0v) is 10.1. The van der Waals surface area contributed by atoms with Gasteiger partial charge in [0.05, 0.1) is 6.04 Å². The summed E-state index contributed by atoms with van der Waals surface area (Å²) in [5, 5.41) is 14.8. The lowest BCUT2D eigenvalue weighted by atomic mass is 9.95. The molecule has 92 valence electrons. The molecular formula is C13H23N2O-. The number of nitrogens with one attached hydrogen (secondary N) is 1. The van der Waals surface area contributed by atoms with Crippen LogP contribution in [-0.2, 0) is 0 Å². The minimum Gasteiger partial charge on any atom is -0.846 e. The average molecular weight is 223 g/mol. The van der Waals surface area contributed by atoms with Gasteiger partial charge in [0.15, 0.2) is 0 Å². The fraction of sp³-hybridized carbons (Fsp3) is 0.923. The summed E-state index contributed by atoms with van der Waals surface area (Å²) in [6.45, 7) is 0. The van der Waals surface area contributed by atoms with E-state index in [0.29, 0.717) is 12.1 Å². The molecule has 0 aromatic carbocycles. The van der Waals surface area contributed by atoms with E-state index in [1.165, 1.54) is 38.5 Å². The van der Waals surface area contributed by atoms with Crippen molar-refractivity contribution in [2.24, 2.45) is 4.99 Å². The van der Waals surface area contributed by atoms with E-state index < -0.39 is 0 Å². The van der Waals surface area contributed by atoms with Gasteiger partial charge in [-0.15, -0.1) is 0 Å². The first-order chi connectivity index (χ1) is 7.84. The van der Waals surface area contributed by atoms with E-state index in [1.807, 2.05) is 0 Å². The second-order valence-electron chi connectivity index (χ2n) is 5.21. The molecule has 2 rings (SSSR count). The van der Waals surface area contributed by atoms with Crippen LogP contribution >= 0.6 is 0 Å². The summed E-state index contributed by atoms with van der Waals surface area (Å²) in [4.78, 5) is 4.28. The summed E-state index contributed by atoms with van der Waals surface area (Å²) in [7, 11) is 0. The van der Waals surface area contributed by atoms with Crippen LogP contribution in [0.1, 0.15) is 64.2 Å². The van der Waals surface area contributed by atoms with Crippen LogP contribution in [0.25, 0.3) is 0 Å². The molecule has 1 N–H and O–H groups in total. The highest BCUT2D eigenvalue weighted by Gasteiger charge is 2.14. The van der Waals surface area contributed by atoms with Gasteiger partial charge in [-0.3, -0.25) is 4.99 Å². The number of hydrogen-bond acceptors (Lipinski definition) is 2. The van der Waals surface area contributed by atoms with Crippen molar-refractivity contribution in [2.75, 3.05) is 0 Å². The molecule has 0 saturated heterocycles. The van der Waals surface area contributed by atoms with E-state index >= 15 is 0 Å². The standard InChI is InChI=1S/C13H24N2O/c16-13(14-11-7-3-1-4-8-11)15-12-9-5-2-6-10-12/h11-12H,1-10H2,(H2,14,15,16)/p-1. The molecule has 0 spiro atoms. The Hall–Kier alpha value is -0.730. The molecule has 2 aliphatic rings. The Kier molecular flexibility index (Phi) is 4.49. The van der Waals surface area contributed by atoms with Crippen molar-refractivity contribution in [1.82, 2.24) is 5.32 Å². The van der Waals surface area contributed by atoms with Gasteiger partial charge >= 0.3 is 0 Å². The van der Waals surface area contributed by atoms with Crippen molar-refractivity contribution >= 4 is 6.02 Å². The van der Waals surface area contributed by atoms with Gasteiger partial charge in [0.2, 0.25) is 0 Å². The molecular weight excluding hydrogens is 200 g/mol. The van der Waals surface area contributed by atoms with Crippen molar-refractivity contribution in [1.29, 1.82) is 0 Å². The second kappa shape index (κ2) is 6.12. The van der Waals surface area contributed by atoms with Gasteiger partial charge in [0.25, 0.3) is 0 Å². The predicted octanol–water partition coefficient (Wildman–Crippen LogP) is 1.96. The van der Waals surface area contributed by atoms with Gasteiger partial charge in [-0.05, 0) is 25.7 Å². The first-order valence-electron chi connectivity index (χ1n) is 6.86. The molecule has 2 saturated carbocycles. The summed E-state index contributed by atoms with van der Waals surface area (Å²) in [6.07, 6.45) is 12.1. The zero-order valence-electron chi connectivity index (χ0n) is 10.1. The molecule has 0 aliphatic heterocycles. The summed E-state index contributed by atoms with van der Waals surface area (Å²) in [6, 6.07) is 0.643. The lowest BCUT2D eigenvalue weighted by Crippen LogP contribution is -2.44. The normalized spacial score (nSPS) is 25.6. The lowest BCUT2D eigenvalue weighted by Gasteiger charge is -2.28. The average Bonchev–Trinajstić information content (AvgIpc) is 2.31. The smallest absolute Gasteiger partial charge is 0.0509 e. The third-order valence-corrected chi connectivity index (χ3v) is 3.81. The number of nitrogens with zero attached hydrogens (tertiary/aromatic N) is 1. The van der Waals surface area contributed by atoms with Gasteiger partial charge in [-0.1, -0.05) is 38.5 Å². The van der Waals surface area contributed by atoms with E-state index in [0.717, 1.165) is 25.7 Å². The van der Waals surface area contributed by atoms with Crippen LogP contribution in [0, 0.1) is 0 Å². The molecule has 0 radical (unpaired) electrons. The Balaban J connectivity index is 1.76. The minimum absolute atomic E-state index is 0.0567. The minimum atomic E-state index is -0.0567. The van der Waals surface area contributed by atoms with E-state index in [-0.39, 0.29) is 6.02 Å². The van der Waals surface area contributed by atoms with Crippen molar-refractivity contribution < 1.29 is 5.11 Å². The molecule has 0 aromatic heterocycles. The van der Waals surface area contributed by atoms with E-state index in [4.69, 9.17) is 0 Å². The molecule has 0 aromatic rings. The highest BCUT2D eigenvalue weighted by Crippen LogP contribution is 2.20. The monoisotopic (exact) mass is 223 g/mol. The zero-order chi connectivity index (χ0) is 11.2. The second-order valence-corrected chi connectivity index (χ2v) is 5.21. The Morgan fingerprint density at radius 3 is 2.06 bits per heavy atom. The molecule has 0 amide bonds. The van der Waals surface area contributed by atoms with Crippen LogP contribution in [0.2, 0.25) is 0 Å². The molecule has 3 heteroatoms. The van der Waals surface area contributed by atoms with Gasteiger partial charge in [0, 0.05) is 12.1 Å². The fourth-order valence-corrected chi connectivity index (χ4v) is 2.83. The molecule has 0 bridgehead atoms. The van der Waals surface area contributed by atoms with Gasteiger partial charge in [-0.2, -0.15) is 0 Å². The molecule has 3 nitrogen and oxygen atoms in total. The van der Waals surface area contributed by atoms with Crippen LogP contribution in [0.3, 0.4) is 0 Å². The molecule has 16 heavy (non-hydrogen) atoms. The van der Waals surface area contributed by atoms with E-state index in [1.54, 1.807) is 0 Å². The van der Waals surface area contributed by atoms with Crippen molar-refractivity contribution in [3.63, 3.8) is 0 Å². The van der Waals surface area contributed by atoms with Crippen LogP contribution in [0.4, 0.5) is 0 Å². The van der Waals surface area contributed by atoms with Crippen molar-refractivity contribution in [3.05, 3.63) is 0 Å². The highest BCUT2D eigenvalue weighted by atomic mass is 16.3. The first-order valence-corrected chi connectivity index (χ1v) is 6.86. The quantitative estimate of drug-likeness (QED) is 0.574. The Morgan fingerprint density at radius 2 is 1.44 bits per heavy atom. The largest absolute Gasteiger partial charge is 0.846 e. The van der Waals surface area contributed by atoms with Crippen LogP contribution < -0.4 is 10.4 Å². The van der Waals surface area contributed by atoms with Gasteiger partial charge < -0.3 is 10.4 Å². The molecule has 0 heterocycles. The Bertz CT molecular complexity index is 228. The summed E-state index contributed by atoms with van der Waals surface area (Å²) < 4.78 is 0. The SMILES string of the molecule is [O-]C(=NC1CCCCC1)NC1CCCCC1. The number of hydrogen-bond donors (Lipinski definition) is 1. The third kappa shape index (κ3) is 3.69. The predicted molar refractivity (Wildman–Crippen MR) is 64.3 cm³/mol. The Labute approximate surface area is 98.3 Å². The van der Waals surface area contributed by atoms with E-state index in [2.05, 4.69) is 10.3 Å². The fourth-order valence-electron chi connectivity index (χ4n) is 2.83. The third-order valence-electron chi connectivity index (χ3n) is 3.81. The van der Waals surface area contributed by atoms with Crippen molar-refractivity contribution in [2.45, 2.75) is 76.3 Å². The number of aliphatic imine (C=N–C) groups is 1. The summed E-state index contributed by atoms with van der Waals surface area (Å²) in [5.74, 6) is 0. The maximum Gasteiger partial charge on any atom is 0.0509 e. The summed E-state index contributed by atoms with van der Waals surface area (Å²) >= 11 is 0. The maximum atomic E-state index is 11.7. The number of rotatable bonds is 2. The Morgan fingerprint density at radius 1 is 0.875 bits per heavy atom. The number of amidine groups is 1. The van der Waals surface area contributed by atoms with Crippen LogP contribution in [0.5, 0.6) is 0 Å². The molecule has 2 aliphatic carbocycles. The van der Waals surface area contributed by atoms with Crippen LogP contribution in [-0.4, -0.2) is 18.1 Å². The summed E-state index contributed by atoms with van der Waals surface area (Å²) in [5.41, 5.74) is 0. The molecule has 2 fully saturated rings. The first kappa shape index (κ1) is 11.7. The van der Waals surface area contributed by atoms with Crippen molar-refractivity contribution in [3.8, 4) is 0 Å².